The maximum Gasteiger partial charge on any atom is 0.328 e. The van der Waals surface area contributed by atoms with Crippen molar-refractivity contribution in [2.75, 3.05) is 13.1 Å². The average Bonchev–Trinajstić information content (AvgIpc) is 2.55. The van der Waals surface area contributed by atoms with E-state index in [9.17, 15) is 4.79 Å². The number of hydrogen-bond acceptors (Lipinski definition) is 2. The molecule has 0 unspecified atom stereocenters. The second-order valence-corrected chi connectivity index (χ2v) is 4.11. The van der Waals surface area contributed by atoms with Gasteiger partial charge < -0.3 is 10.4 Å². The lowest BCUT2D eigenvalue weighted by Gasteiger charge is -2.10. The fourth-order valence-electron chi connectivity index (χ4n) is 1.95. The van der Waals surface area contributed by atoms with Gasteiger partial charge in [-0.2, -0.15) is 0 Å². The van der Waals surface area contributed by atoms with E-state index in [0.29, 0.717) is 6.54 Å². The molecule has 80 valence electrons. The van der Waals surface area contributed by atoms with Crippen molar-refractivity contribution < 1.29 is 9.90 Å². The molecule has 14 heavy (non-hydrogen) atoms. The second-order valence-electron chi connectivity index (χ2n) is 4.11. The van der Waals surface area contributed by atoms with Crippen molar-refractivity contribution in [2.24, 2.45) is 5.92 Å². The van der Waals surface area contributed by atoms with E-state index in [4.69, 9.17) is 5.11 Å². The van der Waals surface area contributed by atoms with Gasteiger partial charge in [-0.05, 0) is 32.2 Å². The molecule has 0 aromatic heterocycles. The topological polar surface area (TPSA) is 49.3 Å². The zero-order valence-electron chi connectivity index (χ0n) is 8.75. The molecule has 0 radical (unpaired) electrons. The molecule has 0 atom stereocenters. The summed E-state index contributed by atoms with van der Waals surface area (Å²) in [6, 6.07) is 0. The summed E-state index contributed by atoms with van der Waals surface area (Å²) in [6.45, 7) is 3.57. The third-order valence-corrected chi connectivity index (χ3v) is 2.68. The summed E-state index contributed by atoms with van der Waals surface area (Å²) in [5.41, 5.74) is 0.885. The van der Waals surface area contributed by atoms with E-state index in [0.717, 1.165) is 18.0 Å². The first-order chi connectivity index (χ1) is 6.68. The molecule has 3 heteroatoms. The first-order valence-electron chi connectivity index (χ1n) is 5.29. The predicted octanol–water partition coefficient (Wildman–Crippen LogP) is 1.80. The van der Waals surface area contributed by atoms with E-state index < -0.39 is 5.97 Å². The zero-order valence-corrected chi connectivity index (χ0v) is 8.75. The Labute approximate surface area is 85.2 Å². The highest BCUT2D eigenvalue weighted by Crippen LogP contribution is 2.23. The Morgan fingerprint density at radius 1 is 1.50 bits per heavy atom. The first kappa shape index (κ1) is 11.2. The highest BCUT2D eigenvalue weighted by atomic mass is 16.4. The number of carboxylic acid groups (broad SMARTS) is 1. The van der Waals surface area contributed by atoms with Crippen molar-refractivity contribution in [1.29, 1.82) is 0 Å². The standard InChI is InChI=1S/C11H19NO2/c1-9(6-11(13)14)7-12-8-10-4-2-3-5-10/h6,10,12H,2-5,7-8H2,1H3,(H,13,14). The van der Waals surface area contributed by atoms with Crippen LogP contribution in [0.1, 0.15) is 32.6 Å². The van der Waals surface area contributed by atoms with Crippen LogP contribution >= 0.6 is 0 Å². The van der Waals surface area contributed by atoms with Crippen molar-refractivity contribution in [3.05, 3.63) is 11.6 Å². The van der Waals surface area contributed by atoms with Gasteiger partial charge in [-0.1, -0.05) is 18.4 Å². The maximum absolute atomic E-state index is 10.3. The van der Waals surface area contributed by atoms with Gasteiger partial charge in [0.05, 0.1) is 0 Å². The number of hydrogen-bond donors (Lipinski definition) is 2. The van der Waals surface area contributed by atoms with E-state index >= 15 is 0 Å². The lowest BCUT2D eigenvalue weighted by Crippen LogP contribution is -2.23. The molecule has 1 aliphatic carbocycles. The first-order valence-corrected chi connectivity index (χ1v) is 5.29. The Kier molecular flexibility index (Phi) is 4.66. The van der Waals surface area contributed by atoms with Crippen LogP contribution in [0.4, 0.5) is 0 Å². The van der Waals surface area contributed by atoms with Crippen LogP contribution in [0.25, 0.3) is 0 Å². The molecule has 0 aromatic rings. The van der Waals surface area contributed by atoms with Gasteiger partial charge in [-0.3, -0.25) is 0 Å². The van der Waals surface area contributed by atoms with Crippen molar-refractivity contribution in [3.63, 3.8) is 0 Å². The molecular weight excluding hydrogens is 178 g/mol. The van der Waals surface area contributed by atoms with Gasteiger partial charge in [0.15, 0.2) is 0 Å². The quantitative estimate of drug-likeness (QED) is 0.661. The molecule has 0 amide bonds. The van der Waals surface area contributed by atoms with Crippen molar-refractivity contribution in [2.45, 2.75) is 32.6 Å². The van der Waals surface area contributed by atoms with Crippen LogP contribution in [0.2, 0.25) is 0 Å². The Bertz CT molecular complexity index is 217. The summed E-state index contributed by atoms with van der Waals surface area (Å²) < 4.78 is 0. The average molecular weight is 197 g/mol. The van der Waals surface area contributed by atoms with Crippen LogP contribution in [0.3, 0.4) is 0 Å². The third kappa shape index (κ3) is 4.42. The molecule has 1 fully saturated rings. The highest BCUT2D eigenvalue weighted by Gasteiger charge is 2.13. The Morgan fingerprint density at radius 3 is 2.71 bits per heavy atom. The predicted molar refractivity (Wildman–Crippen MR) is 56.2 cm³/mol. The molecule has 0 bridgehead atoms. The van der Waals surface area contributed by atoms with Crippen LogP contribution in [0, 0.1) is 5.92 Å². The maximum atomic E-state index is 10.3. The second kappa shape index (κ2) is 5.81. The van der Waals surface area contributed by atoms with Crippen LogP contribution in [-0.4, -0.2) is 24.2 Å². The Balaban J connectivity index is 2.11. The monoisotopic (exact) mass is 197 g/mol. The summed E-state index contributed by atoms with van der Waals surface area (Å²) in [7, 11) is 0. The summed E-state index contributed by atoms with van der Waals surface area (Å²) in [5, 5.41) is 11.8. The normalized spacial score (nSPS) is 18.8. The number of rotatable bonds is 5. The minimum atomic E-state index is -0.856. The van der Waals surface area contributed by atoms with Gasteiger partial charge in [0.2, 0.25) is 0 Å². The summed E-state index contributed by atoms with van der Waals surface area (Å²) >= 11 is 0. The van der Waals surface area contributed by atoms with E-state index in [1.54, 1.807) is 0 Å². The van der Waals surface area contributed by atoms with Gasteiger partial charge >= 0.3 is 5.97 Å². The van der Waals surface area contributed by atoms with Gasteiger partial charge in [-0.25, -0.2) is 4.79 Å². The molecular formula is C11H19NO2. The van der Waals surface area contributed by atoms with E-state index in [-0.39, 0.29) is 0 Å². The van der Waals surface area contributed by atoms with Crippen molar-refractivity contribution in [1.82, 2.24) is 5.32 Å². The molecule has 0 heterocycles. The minimum absolute atomic E-state index is 0.697. The van der Waals surface area contributed by atoms with E-state index in [1.165, 1.54) is 31.8 Å². The molecule has 0 spiro atoms. The van der Waals surface area contributed by atoms with E-state index in [1.807, 2.05) is 6.92 Å². The van der Waals surface area contributed by atoms with Crippen LogP contribution in [-0.2, 0) is 4.79 Å². The molecule has 0 saturated heterocycles. The van der Waals surface area contributed by atoms with E-state index in [2.05, 4.69) is 5.32 Å². The van der Waals surface area contributed by atoms with Gasteiger partial charge in [0, 0.05) is 12.6 Å². The number of carbonyl (C=O) groups is 1. The van der Waals surface area contributed by atoms with Crippen molar-refractivity contribution in [3.8, 4) is 0 Å². The number of carboxylic acids is 1. The number of aliphatic carboxylic acids is 1. The zero-order chi connectivity index (χ0) is 10.4. The summed E-state index contributed by atoms with van der Waals surface area (Å²) in [6.07, 6.45) is 6.64. The van der Waals surface area contributed by atoms with Crippen LogP contribution in [0.15, 0.2) is 11.6 Å². The van der Waals surface area contributed by atoms with Crippen molar-refractivity contribution >= 4 is 5.97 Å². The Hall–Kier alpha value is -0.830. The van der Waals surface area contributed by atoms with Gasteiger partial charge in [0.25, 0.3) is 0 Å². The third-order valence-electron chi connectivity index (χ3n) is 2.68. The fraction of sp³-hybridized carbons (Fsp3) is 0.727. The minimum Gasteiger partial charge on any atom is -0.478 e. The molecule has 3 nitrogen and oxygen atoms in total. The smallest absolute Gasteiger partial charge is 0.328 e. The fourth-order valence-corrected chi connectivity index (χ4v) is 1.95. The molecule has 0 aromatic carbocycles. The summed E-state index contributed by atoms with van der Waals surface area (Å²) in [5.74, 6) is -0.0437. The lowest BCUT2D eigenvalue weighted by molar-refractivity contribution is -0.131. The molecule has 1 rings (SSSR count). The molecule has 1 saturated carbocycles. The highest BCUT2D eigenvalue weighted by molar-refractivity contribution is 5.80. The Morgan fingerprint density at radius 2 is 2.14 bits per heavy atom. The van der Waals surface area contributed by atoms with Gasteiger partial charge in [0.1, 0.15) is 0 Å². The largest absolute Gasteiger partial charge is 0.478 e. The molecule has 1 aliphatic rings. The lowest BCUT2D eigenvalue weighted by atomic mass is 10.1. The summed E-state index contributed by atoms with van der Waals surface area (Å²) in [4.78, 5) is 10.3. The number of nitrogens with one attached hydrogen (secondary N) is 1. The molecule has 2 N–H and O–H groups in total. The molecule has 0 aliphatic heterocycles. The van der Waals surface area contributed by atoms with Crippen LogP contribution < -0.4 is 5.32 Å². The van der Waals surface area contributed by atoms with Crippen LogP contribution in [0.5, 0.6) is 0 Å². The van der Waals surface area contributed by atoms with Gasteiger partial charge in [-0.15, -0.1) is 0 Å². The SMILES string of the molecule is CC(=CC(=O)O)CNCC1CCCC1.